The molecule has 1 amide bonds. The third-order valence-corrected chi connectivity index (χ3v) is 6.43. The van der Waals surface area contributed by atoms with E-state index < -0.39 is 0 Å². The van der Waals surface area contributed by atoms with Crippen LogP contribution in [0.15, 0.2) is 34.7 Å². The van der Waals surface area contributed by atoms with Crippen LogP contribution in [0.3, 0.4) is 0 Å². The number of carbonyl (C=O) groups excluding carboxylic acids is 1. The minimum Gasteiger partial charge on any atom is -0.419 e. The molecule has 4 aromatic rings. The molecule has 176 valence electrons. The van der Waals surface area contributed by atoms with Gasteiger partial charge in [-0.05, 0) is 44.4 Å². The van der Waals surface area contributed by atoms with E-state index in [4.69, 9.17) is 26.0 Å². The number of aryl methyl sites for hydroxylation is 3. The molecule has 0 unspecified atom stereocenters. The number of benzene rings is 1. The summed E-state index contributed by atoms with van der Waals surface area (Å²) in [6.07, 6.45) is 5.11. The smallest absolute Gasteiger partial charge is 0.256 e. The molecular weight excluding hydrogens is 452 g/mol. The molecule has 9 heteroatoms. The molecule has 8 nitrogen and oxygen atoms in total. The Balaban J connectivity index is 1.47. The fraction of sp³-hybridized carbons (Fsp3) is 0.400. The number of hydrogen-bond acceptors (Lipinski definition) is 6. The number of fused-ring (bicyclic) bond motifs is 3. The van der Waals surface area contributed by atoms with Gasteiger partial charge >= 0.3 is 0 Å². The molecule has 0 atom stereocenters. The topological polar surface area (TPSA) is 89.9 Å². The minimum absolute atomic E-state index is 0.108. The zero-order valence-electron chi connectivity index (χ0n) is 19.4. The molecule has 0 radical (unpaired) electrons. The van der Waals surface area contributed by atoms with Crippen LogP contribution in [0.2, 0.25) is 5.02 Å². The lowest BCUT2D eigenvalue weighted by atomic mass is 10.1. The van der Waals surface area contributed by atoms with Gasteiger partial charge in [0, 0.05) is 25.2 Å². The Bertz CT molecular complexity index is 1340. The van der Waals surface area contributed by atoms with Crippen molar-refractivity contribution in [2.45, 2.75) is 59.0 Å². The average molecular weight is 479 g/mol. The predicted octanol–water partition coefficient (Wildman–Crippen LogP) is 5.22. The molecule has 1 aliphatic rings. The van der Waals surface area contributed by atoms with Crippen LogP contribution in [0.4, 0.5) is 0 Å². The van der Waals surface area contributed by atoms with Crippen LogP contribution in [-0.4, -0.2) is 42.1 Å². The summed E-state index contributed by atoms with van der Waals surface area (Å²) in [4.78, 5) is 25.1. The van der Waals surface area contributed by atoms with E-state index in [0.29, 0.717) is 40.0 Å². The molecule has 1 aliphatic heterocycles. The maximum absolute atomic E-state index is 13.8. The van der Waals surface area contributed by atoms with E-state index in [0.717, 1.165) is 49.4 Å². The van der Waals surface area contributed by atoms with E-state index in [9.17, 15) is 4.79 Å². The Morgan fingerprint density at radius 1 is 1.18 bits per heavy atom. The number of nitrogens with zero attached hydrogens (tertiary/aromatic N) is 6. The normalized spacial score (nSPS) is 13.6. The highest BCUT2D eigenvalue weighted by Crippen LogP contribution is 2.28. The van der Waals surface area contributed by atoms with Gasteiger partial charge in [0.25, 0.3) is 5.91 Å². The third-order valence-electron chi connectivity index (χ3n) is 6.10. The van der Waals surface area contributed by atoms with Gasteiger partial charge < -0.3 is 13.9 Å². The van der Waals surface area contributed by atoms with Gasteiger partial charge in [-0.3, -0.25) is 4.79 Å². The second-order valence-corrected chi connectivity index (χ2v) is 9.09. The maximum atomic E-state index is 13.8. The van der Waals surface area contributed by atoms with E-state index in [1.54, 1.807) is 11.0 Å². The summed E-state index contributed by atoms with van der Waals surface area (Å²) in [5.74, 6) is 1.61. The Labute approximate surface area is 203 Å². The minimum atomic E-state index is -0.108. The Morgan fingerprint density at radius 3 is 2.85 bits per heavy atom. The zero-order chi connectivity index (χ0) is 23.7. The van der Waals surface area contributed by atoms with Gasteiger partial charge in [-0.15, -0.1) is 10.2 Å². The number of aromatic nitrogens is 5. The summed E-state index contributed by atoms with van der Waals surface area (Å²) in [6.45, 7) is 5.61. The second kappa shape index (κ2) is 9.54. The van der Waals surface area contributed by atoms with E-state index >= 15 is 0 Å². The molecule has 0 saturated carbocycles. The van der Waals surface area contributed by atoms with Crippen molar-refractivity contribution in [1.82, 2.24) is 29.6 Å². The largest absolute Gasteiger partial charge is 0.419 e. The van der Waals surface area contributed by atoms with E-state index in [1.165, 1.54) is 6.42 Å². The highest BCUT2D eigenvalue weighted by molar-refractivity contribution is 6.33. The molecule has 0 fully saturated rings. The SMILES string of the molecule is CCCN(Cc1nnc(-c2ccccc2Cl)o1)C(=O)c1cc(C)nc2c1nc1n2CCCCC1. The fourth-order valence-corrected chi connectivity index (χ4v) is 4.71. The van der Waals surface area contributed by atoms with E-state index in [1.807, 2.05) is 38.1 Å². The van der Waals surface area contributed by atoms with Crippen LogP contribution in [0.25, 0.3) is 22.6 Å². The Hall–Kier alpha value is -3.26. The predicted molar refractivity (Wildman–Crippen MR) is 130 cm³/mol. The van der Waals surface area contributed by atoms with Crippen molar-refractivity contribution in [3.05, 3.63) is 58.3 Å². The second-order valence-electron chi connectivity index (χ2n) is 8.68. The van der Waals surface area contributed by atoms with Gasteiger partial charge in [0.1, 0.15) is 11.3 Å². The Kier molecular flexibility index (Phi) is 6.32. The van der Waals surface area contributed by atoms with Crippen LogP contribution in [0.5, 0.6) is 0 Å². The number of carbonyl (C=O) groups is 1. The van der Waals surface area contributed by atoms with Gasteiger partial charge in [0.2, 0.25) is 11.8 Å². The van der Waals surface area contributed by atoms with Crippen molar-refractivity contribution in [2.75, 3.05) is 6.54 Å². The van der Waals surface area contributed by atoms with Crippen molar-refractivity contribution < 1.29 is 9.21 Å². The maximum Gasteiger partial charge on any atom is 0.256 e. The van der Waals surface area contributed by atoms with Gasteiger partial charge in [0.05, 0.1) is 22.7 Å². The van der Waals surface area contributed by atoms with Crippen molar-refractivity contribution in [3.63, 3.8) is 0 Å². The number of halogens is 1. The van der Waals surface area contributed by atoms with Crippen LogP contribution >= 0.6 is 11.6 Å². The van der Waals surface area contributed by atoms with Crippen LogP contribution in [0, 0.1) is 6.92 Å². The highest BCUT2D eigenvalue weighted by Gasteiger charge is 2.25. The molecule has 0 N–H and O–H groups in total. The lowest BCUT2D eigenvalue weighted by molar-refractivity contribution is 0.0730. The number of hydrogen-bond donors (Lipinski definition) is 0. The molecule has 34 heavy (non-hydrogen) atoms. The van der Waals surface area contributed by atoms with E-state index in [-0.39, 0.29) is 12.5 Å². The first-order chi connectivity index (χ1) is 16.5. The average Bonchev–Trinajstić information content (AvgIpc) is 3.35. The molecule has 0 spiro atoms. The number of imidazole rings is 1. The molecular formula is C25H27ClN6O2. The van der Waals surface area contributed by atoms with Gasteiger partial charge in [-0.25, -0.2) is 9.97 Å². The molecule has 3 aromatic heterocycles. The highest BCUT2D eigenvalue weighted by atomic mass is 35.5. The quantitative estimate of drug-likeness (QED) is 0.377. The fourth-order valence-electron chi connectivity index (χ4n) is 4.50. The van der Waals surface area contributed by atoms with Crippen molar-refractivity contribution in [2.24, 2.45) is 0 Å². The summed E-state index contributed by atoms with van der Waals surface area (Å²) in [5, 5.41) is 8.85. The van der Waals surface area contributed by atoms with Crippen LogP contribution < -0.4 is 0 Å². The number of amides is 1. The van der Waals surface area contributed by atoms with Crippen LogP contribution in [0.1, 0.15) is 60.4 Å². The number of rotatable bonds is 6. The number of pyridine rings is 1. The first-order valence-electron chi connectivity index (χ1n) is 11.8. The van der Waals surface area contributed by atoms with Crippen molar-refractivity contribution in [3.8, 4) is 11.5 Å². The molecule has 0 aliphatic carbocycles. The summed E-state index contributed by atoms with van der Waals surface area (Å²) in [7, 11) is 0. The standard InChI is InChI=1S/C25H27ClN6O2/c1-3-12-31(15-21-29-30-24(34-21)17-9-6-7-10-19(17)26)25(33)18-14-16(2)27-23-22(18)28-20-11-5-4-8-13-32(20)23/h6-7,9-10,14H,3-5,8,11-13,15H2,1-2H3. The van der Waals surface area contributed by atoms with Gasteiger partial charge in [-0.2, -0.15) is 0 Å². The monoisotopic (exact) mass is 478 g/mol. The molecule has 5 rings (SSSR count). The molecule has 4 heterocycles. The summed E-state index contributed by atoms with van der Waals surface area (Å²) < 4.78 is 8.06. The van der Waals surface area contributed by atoms with Crippen molar-refractivity contribution in [1.29, 1.82) is 0 Å². The van der Waals surface area contributed by atoms with Crippen molar-refractivity contribution >= 4 is 28.7 Å². The first-order valence-corrected chi connectivity index (χ1v) is 12.2. The zero-order valence-corrected chi connectivity index (χ0v) is 20.2. The lowest BCUT2D eigenvalue weighted by Crippen LogP contribution is -2.31. The first kappa shape index (κ1) is 22.5. The molecule has 1 aromatic carbocycles. The third kappa shape index (κ3) is 4.30. The Morgan fingerprint density at radius 2 is 2.03 bits per heavy atom. The molecule has 0 saturated heterocycles. The molecule has 0 bridgehead atoms. The summed E-state index contributed by atoms with van der Waals surface area (Å²) in [5.41, 5.74) is 3.52. The summed E-state index contributed by atoms with van der Waals surface area (Å²) >= 11 is 6.27. The van der Waals surface area contributed by atoms with Gasteiger partial charge in [0.15, 0.2) is 5.65 Å². The van der Waals surface area contributed by atoms with E-state index in [2.05, 4.69) is 14.8 Å². The lowest BCUT2D eigenvalue weighted by Gasteiger charge is -2.20. The van der Waals surface area contributed by atoms with Crippen LogP contribution in [-0.2, 0) is 19.5 Å². The summed E-state index contributed by atoms with van der Waals surface area (Å²) in [6, 6.07) is 9.15. The van der Waals surface area contributed by atoms with Gasteiger partial charge in [-0.1, -0.05) is 37.1 Å².